The van der Waals surface area contributed by atoms with E-state index in [2.05, 4.69) is 8.92 Å². The maximum atomic E-state index is 13.9. The number of hydrogen-bond acceptors (Lipinski definition) is 5. The minimum atomic E-state index is -6.06. The van der Waals surface area contributed by atoms with Crippen LogP contribution in [0.25, 0.3) is 10.8 Å². The van der Waals surface area contributed by atoms with Crippen molar-refractivity contribution >= 4 is 32.5 Å². The molecule has 0 aliphatic rings. The number of halogens is 5. The van der Waals surface area contributed by atoms with E-state index < -0.39 is 27.2 Å². The number of fused-ring (bicyclic) bond motifs is 1. The van der Waals surface area contributed by atoms with Crippen LogP contribution >= 0.6 is 11.6 Å². The molecule has 0 aromatic heterocycles. The summed E-state index contributed by atoms with van der Waals surface area (Å²) in [5, 5.41) is -0.484. The van der Waals surface area contributed by atoms with E-state index in [0.29, 0.717) is 0 Å². The van der Waals surface area contributed by atoms with Gasteiger partial charge in [0.2, 0.25) is 0 Å². The van der Waals surface area contributed by atoms with E-state index in [0.717, 1.165) is 12.1 Å². The summed E-state index contributed by atoms with van der Waals surface area (Å²) in [5.74, 6) is -2.28. The molecule has 0 atom stereocenters. The number of hydrogen-bond donors (Lipinski definition) is 0. The Bertz CT molecular complexity index is 867. The van der Waals surface area contributed by atoms with E-state index in [9.17, 15) is 26.0 Å². The highest BCUT2D eigenvalue weighted by atomic mass is 35.5. The minimum absolute atomic E-state index is 0.113. The molecule has 5 nitrogen and oxygen atoms in total. The molecule has 0 amide bonds. The minimum Gasteiger partial charge on any atom is -0.467 e. The molecule has 0 spiro atoms. The number of alkyl halides is 3. The van der Waals surface area contributed by atoms with Gasteiger partial charge in [-0.25, -0.2) is 4.39 Å². The van der Waals surface area contributed by atoms with Crippen molar-refractivity contribution in [2.24, 2.45) is 0 Å². The average molecular weight is 389 g/mol. The van der Waals surface area contributed by atoms with Crippen LogP contribution in [0.5, 0.6) is 11.5 Å². The third-order valence-electron chi connectivity index (χ3n) is 2.77. The van der Waals surface area contributed by atoms with Gasteiger partial charge in [0.15, 0.2) is 18.4 Å². The first-order valence-corrected chi connectivity index (χ1v) is 7.89. The molecule has 0 aliphatic heterocycles. The van der Waals surface area contributed by atoms with Crippen molar-refractivity contribution in [1.29, 1.82) is 0 Å². The molecule has 2 aromatic carbocycles. The Morgan fingerprint density at radius 1 is 1.21 bits per heavy atom. The zero-order valence-corrected chi connectivity index (χ0v) is 13.4. The monoisotopic (exact) mass is 388 g/mol. The van der Waals surface area contributed by atoms with Crippen molar-refractivity contribution in [3.8, 4) is 11.5 Å². The quantitative estimate of drug-likeness (QED) is 0.337. The second kappa shape index (κ2) is 6.61. The van der Waals surface area contributed by atoms with E-state index in [4.69, 9.17) is 16.3 Å². The average Bonchev–Trinajstić information content (AvgIpc) is 2.46. The van der Waals surface area contributed by atoms with Crippen molar-refractivity contribution in [3.63, 3.8) is 0 Å². The van der Waals surface area contributed by atoms with Gasteiger partial charge in [-0.1, -0.05) is 17.7 Å². The molecule has 0 unspecified atom stereocenters. The standard InChI is InChI=1S/C13H9ClF4O5S/c1-21-6-22-8-4-7-2-3-10(15)12(11(7)9(14)5-8)23-24(19,20)13(16,17)18/h2-5H,6H2,1H3. The maximum Gasteiger partial charge on any atom is 0.534 e. The van der Waals surface area contributed by atoms with Gasteiger partial charge in [0.05, 0.1) is 5.02 Å². The van der Waals surface area contributed by atoms with Crippen molar-refractivity contribution in [2.45, 2.75) is 5.51 Å². The van der Waals surface area contributed by atoms with E-state index in [1.807, 2.05) is 0 Å². The Morgan fingerprint density at radius 2 is 1.88 bits per heavy atom. The van der Waals surface area contributed by atoms with Gasteiger partial charge in [-0.05, 0) is 23.6 Å². The van der Waals surface area contributed by atoms with Gasteiger partial charge in [0.1, 0.15) is 5.75 Å². The fraction of sp³-hybridized carbons (Fsp3) is 0.231. The Kier molecular flexibility index (Phi) is 5.11. The van der Waals surface area contributed by atoms with E-state index >= 15 is 0 Å². The Hall–Kier alpha value is -1.78. The normalized spacial score (nSPS) is 12.4. The van der Waals surface area contributed by atoms with E-state index in [-0.39, 0.29) is 28.3 Å². The third-order valence-corrected chi connectivity index (χ3v) is 4.02. The van der Waals surface area contributed by atoms with Gasteiger partial charge >= 0.3 is 15.6 Å². The molecule has 11 heteroatoms. The fourth-order valence-corrected chi connectivity index (χ4v) is 2.56. The van der Waals surface area contributed by atoms with Crippen LogP contribution in [-0.4, -0.2) is 27.8 Å². The summed E-state index contributed by atoms with van der Waals surface area (Å²) in [4.78, 5) is 0. The van der Waals surface area contributed by atoms with Gasteiger partial charge in [-0.2, -0.15) is 21.6 Å². The molecule has 132 valence electrons. The van der Waals surface area contributed by atoms with Crippen molar-refractivity contribution in [1.82, 2.24) is 0 Å². The maximum absolute atomic E-state index is 13.9. The number of ether oxygens (including phenoxy) is 2. The lowest BCUT2D eigenvalue weighted by atomic mass is 10.1. The molecule has 0 radical (unpaired) electrons. The summed E-state index contributed by atoms with van der Waals surface area (Å²) >= 11 is 5.92. The summed E-state index contributed by atoms with van der Waals surface area (Å²) in [6.45, 7) is -0.130. The first-order chi connectivity index (χ1) is 11.1. The predicted octanol–water partition coefficient (Wildman–Crippen LogP) is 3.84. The van der Waals surface area contributed by atoms with Gasteiger partial charge < -0.3 is 13.7 Å². The lowest BCUT2D eigenvalue weighted by Crippen LogP contribution is -2.28. The smallest absolute Gasteiger partial charge is 0.467 e. The Morgan fingerprint density at radius 3 is 2.46 bits per heavy atom. The fourth-order valence-electron chi connectivity index (χ4n) is 1.78. The Balaban J connectivity index is 2.60. The van der Waals surface area contributed by atoms with Crippen molar-refractivity contribution in [2.75, 3.05) is 13.9 Å². The molecule has 0 bridgehead atoms. The summed E-state index contributed by atoms with van der Waals surface area (Å²) in [5.41, 5.74) is -5.71. The molecular weight excluding hydrogens is 380 g/mol. The highest BCUT2D eigenvalue weighted by molar-refractivity contribution is 7.88. The first-order valence-electron chi connectivity index (χ1n) is 6.11. The van der Waals surface area contributed by atoms with Crippen LogP contribution < -0.4 is 8.92 Å². The Labute approximate surface area is 138 Å². The van der Waals surface area contributed by atoms with E-state index in [1.165, 1.54) is 19.2 Å². The summed E-state index contributed by atoms with van der Waals surface area (Å²) in [6.07, 6.45) is 0. The van der Waals surface area contributed by atoms with E-state index in [1.54, 1.807) is 0 Å². The van der Waals surface area contributed by atoms with Crippen LogP contribution in [0.15, 0.2) is 24.3 Å². The molecule has 0 aliphatic carbocycles. The van der Waals surface area contributed by atoms with Crippen molar-refractivity contribution in [3.05, 3.63) is 35.1 Å². The largest absolute Gasteiger partial charge is 0.534 e. The zero-order valence-electron chi connectivity index (χ0n) is 11.9. The molecule has 0 fully saturated rings. The number of benzene rings is 2. The van der Waals surface area contributed by atoms with Crippen LogP contribution in [0.2, 0.25) is 5.02 Å². The molecule has 0 saturated carbocycles. The van der Waals surface area contributed by atoms with Gasteiger partial charge in [-0.3, -0.25) is 0 Å². The third kappa shape index (κ3) is 3.65. The van der Waals surface area contributed by atoms with Gasteiger partial charge in [0.25, 0.3) is 0 Å². The molecule has 2 rings (SSSR count). The highest BCUT2D eigenvalue weighted by Gasteiger charge is 2.49. The van der Waals surface area contributed by atoms with Crippen LogP contribution in [-0.2, 0) is 14.9 Å². The van der Waals surface area contributed by atoms with Crippen LogP contribution in [0.1, 0.15) is 0 Å². The van der Waals surface area contributed by atoms with Crippen LogP contribution in [0.3, 0.4) is 0 Å². The highest BCUT2D eigenvalue weighted by Crippen LogP contribution is 2.39. The number of methoxy groups -OCH3 is 1. The molecule has 24 heavy (non-hydrogen) atoms. The van der Waals surface area contributed by atoms with Crippen molar-refractivity contribution < 1.29 is 39.6 Å². The van der Waals surface area contributed by atoms with Gasteiger partial charge in [0, 0.05) is 12.5 Å². The van der Waals surface area contributed by atoms with Crippen LogP contribution in [0.4, 0.5) is 17.6 Å². The van der Waals surface area contributed by atoms with Gasteiger partial charge in [-0.15, -0.1) is 0 Å². The molecule has 0 saturated heterocycles. The lowest BCUT2D eigenvalue weighted by Gasteiger charge is -2.14. The summed E-state index contributed by atoms with van der Waals surface area (Å²) in [7, 11) is -4.69. The SMILES string of the molecule is COCOc1cc(Cl)c2c(OS(=O)(=O)C(F)(F)F)c(F)ccc2c1. The zero-order chi connectivity index (χ0) is 18.1. The lowest BCUT2D eigenvalue weighted by molar-refractivity contribution is -0.0500. The first kappa shape index (κ1) is 18.6. The summed E-state index contributed by atoms with van der Waals surface area (Å²) < 4.78 is 87.2. The second-order valence-corrected chi connectivity index (χ2v) is 6.36. The molecule has 0 heterocycles. The second-order valence-electron chi connectivity index (χ2n) is 4.41. The summed E-state index contributed by atoms with van der Waals surface area (Å²) in [6, 6.07) is 4.41. The molecular formula is C13H9ClF4O5S. The van der Waals surface area contributed by atoms with Crippen LogP contribution in [0, 0.1) is 5.82 Å². The number of rotatable bonds is 5. The molecule has 2 aromatic rings. The predicted molar refractivity (Wildman–Crippen MR) is 77.0 cm³/mol. The topological polar surface area (TPSA) is 61.8 Å². The molecule has 0 N–H and O–H groups in total.